The van der Waals surface area contributed by atoms with Crippen molar-refractivity contribution in [3.05, 3.63) is 0 Å². The van der Waals surface area contributed by atoms with Gasteiger partial charge in [0.15, 0.2) is 0 Å². The highest BCUT2D eigenvalue weighted by atomic mass is 16.4. The first-order valence-electron chi connectivity index (χ1n) is 3.98. The maximum atomic E-state index is 9.64. The topological polar surface area (TPSA) is 72.7 Å². The molecule has 2 bridgehead atoms. The van der Waals surface area contributed by atoms with Crippen LogP contribution in [0.1, 0.15) is 19.3 Å². The minimum atomic E-state index is -1.22. The van der Waals surface area contributed by atoms with Gasteiger partial charge in [0.25, 0.3) is 0 Å². The standard InChI is InChI=1S/C7H13NO3/c9-5-3-4-1-2-7(11,8-4)6(5)10/h4-6,8-11H,1-3H2. The average Bonchev–Trinajstić information content (AvgIpc) is 2.27. The molecule has 0 aromatic heterocycles. The monoisotopic (exact) mass is 159 g/mol. The fourth-order valence-electron chi connectivity index (χ4n) is 2.04. The highest BCUT2D eigenvalue weighted by Crippen LogP contribution is 2.33. The van der Waals surface area contributed by atoms with Gasteiger partial charge in [-0.3, -0.25) is 5.32 Å². The lowest BCUT2D eigenvalue weighted by Crippen LogP contribution is -2.61. The molecule has 2 rings (SSSR count). The number of rotatable bonds is 0. The summed E-state index contributed by atoms with van der Waals surface area (Å²) >= 11 is 0. The number of hydrogen-bond donors (Lipinski definition) is 4. The van der Waals surface area contributed by atoms with Crippen molar-refractivity contribution in [2.75, 3.05) is 0 Å². The maximum Gasteiger partial charge on any atom is 0.144 e. The number of piperidine rings is 1. The third kappa shape index (κ3) is 0.980. The average molecular weight is 159 g/mol. The molecule has 2 fully saturated rings. The molecule has 64 valence electrons. The summed E-state index contributed by atoms with van der Waals surface area (Å²) in [6.45, 7) is 0. The maximum absolute atomic E-state index is 9.64. The summed E-state index contributed by atoms with van der Waals surface area (Å²) in [5, 5.41) is 31.2. The first-order valence-corrected chi connectivity index (χ1v) is 3.98. The SMILES string of the molecule is OC1CC2CCC(O)(N2)C1O. The summed E-state index contributed by atoms with van der Waals surface area (Å²) in [6.07, 6.45) is 0.124. The van der Waals surface area contributed by atoms with Crippen molar-refractivity contribution >= 4 is 0 Å². The Hall–Kier alpha value is -0.160. The highest BCUT2D eigenvalue weighted by molar-refractivity contribution is 5.02. The van der Waals surface area contributed by atoms with E-state index in [1.54, 1.807) is 0 Å². The van der Waals surface area contributed by atoms with Crippen molar-refractivity contribution in [3.8, 4) is 0 Å². The van der Waals surface area contributed by atoms with Gasteiger partial charge in [0.1, 0.15) is 11.8 Å². The summed E-state index contributed by atoms with van der Waals surface area (Å²) in [7, 11) is 0. The van der Waals surface area contributed by atoms with Crippen LogP contribution in [-0.4, -0.2) is 39.3 Å². The largest absolute Gasteiger partial charge is 0.390 e. The quantitative estimate of drug-likeness (QED) is 0.349. The van der Waals surface area contributed by atoms with Gasteiger partial charge in [0.2, 0.25) is 0 Å². The Morgan fingerprint density at radius 3 is 2.82 bits per heavy atom. The fraction of sp³-hybridized carbons (Fsp3) is 1.00. The second-order valence-corrected chi connectivity index (χ2v) is 3.55. The van der Waals surface area contributed by atoms with Gasteiger partial charge in [-0.15, -0.1) is 0 Å². The van der Waals surface area contributed by atoms with Crippen molar-refractivity contribution in [1.29, 1.82) is 0 Å². The molecule has 0 aromatic carbocycles. The summed E-state index contributed by atoms with van der Waals surface area (Å²) in [4.78, 5) is 0. The van der Waals surface area contributed by atoms with E-state index in [-0.39, 0.29) is 6.04 Å². The Balaban J connectivity index is 2.21. The van der Waals surface area contributed by atoms with Crippen LogP contribution < -0.4 is 5.32 Å². The molecule has 2 aliphatic rings. The van der Waals surface area contributed by atoms with Gasteiger partial charge in [0.05, 0.1) is 6.10 Å². The van der Waals surface area contributed by atoms with Crippen molar-refractivity contribution in [3.63, 3.8) is 0 Å². The van der Waals surface area contributed by atoms with E-state index in [9.17, 15) is 15.3 Å². The molecule has 2 saturated heterocycles. The fourth-order valence-corrected chi connectivity index (χ4v) is 2.04. The molecule has 2 heterocycles. The van der Waals surface area contributed by atoms with Crippen LogP contribution in [0.5, 0.6) is 0 Å². The van der Waals surface area contributed by atoms with Crippen LogP contribution in [0.3, 0.4) is 0 Å². The third-order valence-corrected chi connectivity index (χ3v) is 2.71. The second kappa shape index (κ2) is 2.17. The zero-order valence-electron chi connectivity index (χ0n) is 6.20. The van der Waals surface area contributed by atoms with E-state index in [0.717, 1.165) is 6.42 Å². The van der Waals surface area contributed by atoms with Gasteiger partial charge in [-0.05, 0) is 19.3 Å². The van der Waals surface area contributed by atoms with E-state index in [1.165, 1.54) is 0 Å². The van der Waals surface area contributed by atoms with Gasteiger partial charge in [-0.1, -0.05) is 0 Å². The molecule has 0 spiro atoms. The van der Waals surface area contributed by atoms with Crippen LogP contribution in [-0.2, 0) is 0 Å². The summed E-state index contributed by atoms with van der Waals surface area (Å²) in [5.74, 6) is 0. The molecule has 11 heavy (non-hydrogen) atoms. The third-order valence-electron chi connectivity index (χ3n) is 2.71. The van der Waals surface area contributed by atoms with Gasteiger partial charge < -0.3 is 15.3 Å². The Bertz CT molecular complexity index is 175. The number of aliphatic hydroxyl groups excluding tert-OH is 2. The first-order chi connectivity index (χ1) is 5.12. The zero-order chi connectivity index (χ0) is 8.06. The van der Waals surface area contributed by atoms with Gasteiger partial charge in [-0.25, -0.2) is 0 Å². The smallest absolute Gasteiger partial charge is 0.144 e. The summed E-state index contributed by atoms with van der Waals surface area (Å²) < 4.78 is 0. The first kappa shape index (κ1) is 7.49. The second-order valence-electron chi connectivity index (χ2n) is 3.55. The Labute approximate surface area is 64.8 Å². The molecule has 0 amide bonds. The molecule has 4 heteroatoms. The van der Waals surface area contributed by atoms with Crippen LogP contribution >= 0.6 is 0 Å². The predicted molar refractivity (Wildman–Crippen MR) is 37.7 cm³/mol. The number of hydrogen-bond acceptors (Lipinski definition) is 4. The minimum Gasteiger partial charge on any atom is -0.390 e. The Kier molecular flexibility index (Phi) is 1.47. The molecule has 0 radical (unpaired) electrons. The molecule has 2 aliphatic heterocycles. The number of aliphatic hydroxyl groups is 3. The molecular formula is C7H13NO3. The molecular weight excluding hydrogens is 146 g/mol. The van der Waals surface area contributed by atoms with Gasteiger partial charge in [-0.2, -0.15) is 0 Å². The molecule has 4 atom stereocenters. The van der Waals surface area contributed by atoms with E-state index in [2.05, 4.69) is 5.32 Å². The van der Waals surface area contributed by atoms with Crippen LogP contribution in [0.15, 0.2) is 0 Å². The van der Waals surface area contributed by atoms with Crippen molar-refractivity contribution in [1.82, 2.24) is 5.32 Å². The van der Waals surface area contributed by atoms with E-state index in [1.807, 2.05) is 0 Å². The van der Waals surface area contributed by atoms with E-state index in [4.69, 9.17) is 0 Å². The van der Waals surface area contributed by atoms with E-state index < -0.39 is 17.9 Å². The van der Waals surface area contributed by atoms with Crippen LogP contribution in [0.2, 0.25) is 0 Å². The van der Waals surface area contributed by atoms with E-state index >= 15 is 0 Å². The molecule has 4 N–H and O–H groups in total. The molecule has 0 aliphatic carbocycles. The van der Waals surface area contributed by atoms with Crippen molar-refractivity contribution in [2.24, 2.45) is 0 Å². The zero-order valence-corrected chi connectivity index (χ0v) is 6.20. The molecule has 4 nitrogen and oxygen atoms in total. The predicted octanol–water partition coefficient (Wildman–Crippen LogP) is -1.45. The normalized spacial score (nSPS) is 56.5. The lowest BCUT2D eigenvalue weighted by atomic mass is 9.96. The van der Waals surface area contributed by atoms with Gasteiger partial charge >= 0.3 is 0 Å². The summed E-state index contributed by atoms with van der Waals surface area (Å²) in [6, 6.07) is 0.179. The minimum absolute atomic E-state index is 0.179. The molecule has 0 saturated carbocycles. The Morgan fingerprint density at radius 2 is 2.09 bits per heavy atom. The van der Waals surface area contributed by atoms with Crippen LogP contribution in [0.25, 0.3) is 0 Å². The van der Waals surface area contributed by atoms with E-state index in [0.29, 0.717) is 12.8 Å². The number of fused-ring (bicyclic) bond motifs is 2. The molecule has 0 aromatic rings. The van der Waals surface area contributed by atoms with Crippen molar-refractivity contribution in [2.45, 2.75) is 43.2 Å². The summed E-state index contributed by atoms with van der Waals surface area (Å²) in [5.41, 5.74) is -1.22. The molecule has 4 unspecified atom stereocenters. The van der Waals surface area contributed by atoms with Crippen molar-refractivity contribution < 1.29 is 15.3 Å². The van der Waals surface area contributed by atoms with Crippen LogP contribution in [0, 0.1) is 0 Å². The lowest BCUT2D eigenvalue weighted by molar-refractivity contribution is -0.153. The lowest BCUT2D eigenvalue weighted by Gasteiger charge is -2.37. The van der Waals surface area contributed by atoms with Crippen LogP contribution in [0.4, 0.5) is 0 Å². The Morgan fingerprint density at radius 1 is 1.36 bits per heavy atom. The van der Waals surface area contributed by atoms with Gasteiger partial charge in [0, 0.05) is 6.04 Å². The number of nitrogens with one attached hydrogen (secondary N) is 1. The highest BCUT2D eigenvalue weighted by Gasteiger charge is 2.50.